The molecule has 1 aliphatic rings. The Labute approximate surface area is 160 Å². The van der Waals surface area contributed by atoms with E-state index < -0.39 is 16.1 Å². The highest BCUT2D eigenvalue weighted by atomic mass is 35.5. The highest BCUT2D eigenvalue weighted by Crippen LogP contribution is 2.34. The van der Waals surface area contributed by atoms with Crippen LogP contribution < -0.4 is 14.4 Å². The van der Waals surface area contributed by atoms with E-state index in [0.717, 1.165) is 23.4 Å². The number of halogens is 1. The van der Waals surface area contributed by atoms with E-state index >= 15 is 0 Å². The Morgan fingerprint density at radius 3 is 2.58 bits per heavy atom. The Hall–Kier alpha value is -1.47. The Balaban J connectivity index is 2.21. The smallest absolute Gasteiger partial charge is 0.243 e. The molecule has 1 aromatic carbocycles. The van der Waals surface area contributed by atoms with Crippen molar-refractivity contribution in [3.63, 3.8) is 0 Å². The van der Waals surface area contributed by atoms with Gasteiger partial charge in [0.1, 0.15) is 11.8 Å². The molecule has 1 fully saturated rings. The van der Waals surface area contributed by atoms with Crippen molar-refractivity contribution in [3.05, 3.63) is 23.2 Å². The van der Waals surface area contributed by atoms with Gasteiger partial charge in [0, 0.05) is 11.6 Å². The van der Waals surface area contributed by atoms with Gasteiger partial charge in [-0.1, -0.05) is 30.9 Å². The van der Waals surface area contributed by atoms with Crippen LogP contribution in [0.5, 0.6) is 5.75 Å². The third-order valence-corrected chi connectivity index (χ3v) is 6.22. The number of ether oxygens (including phenoxy) is 1. The summed E-state index contributed by atoms with van der Waals surface area (Å²) in [6.07, 6.45) is 6.89. The summed E-state index contributed by atoms with van der Waals surface area (Å²) in [5.41, 5.74) is 0.253. The van der Waals surface area contributed by atoms with Gasteiger partial charge in [0.25, 0.3) is 0 Å². The molecule has 146 valence electrons. The molecule has 0 aliphatic heterocycles. The topological polar surface area (TPSA) is 75.7 Å². The molecule has 1 saturated carbocycles. The second kappa shape index (κ2) is 8.95. The fraction of sp³-hybridized carbons (Fsp3) is 0.611. The molecule has 26 heavy (non-hydrogen) atoms. The predicted octanol–water partition coefficient (Wildman–Crippen LogP) is 3.20. The molecule has 0 bridgehead atoms. The third kappa shape index (κ3) is 5.27. The normalized spacial score (nSPS) is 16.8. The number of methoxy groups -OCH3 is 1. The van der Waals surface area contributed by atoms with Crippen LogP contribution in [-0.4, -0.2) is 40.3 Å². The van der Waals surface area contributed by atoms with Crippen LogP contribution in [0.2, 0.25) is 5.02 Å². The zero-order valence-corrected chi connectivity index (χ0v) is 17.1. The number of hydrogen-bond donors (Lipinski definition) is 1. The van der Waals surface area contributed by atoms with Crippen molar-refractivity contribution in [2.75, 3.05) is 24.2 Å². The van der Waals surface area contributed by atoms with Crippen LogP contribution in [-0.2, 0) is 14.8 Å². The molecule has 0 unspecified atom stereocenters. The number of carbonyl (C=O) groups excluding carboxylic acids is 1. The number of amides is 1. The molecule has 1 aromatic rings. The molecule has 6 nitrogen and oxygen atoms in total. The predicted molar refractivity (Wildman–Crippen MR) is 104 cm³/mol. The van der Waals surface area contributed by atoms with E-state index in [4.69, 9.17) is 16.3 Å². The minimum absolute atomic E-state index is 0.253. The Kier molecular flexibility index (Phi) is 7.17. The molecule has 0 aromatic heterocycles. The van der Waals surface area contributed by atoms with Gasteiger partial charge in [-0.3, -0.25) is 9.10 Å². The molecule has 1 amide bonds. The first-order valence-electron chi connectivity index (χ1n) is 8.84. The molecule has 0 spiro atoms. The van der Waals surface area contributed by atoms with Crippen molar-refractivity contribution in [1.29, 1.82) is 0 Å². The summed E-state index contributed by atoms with van der Waals surface area (Å²) in [5.74, 6) is 0.474. The summed E-state index contributed by atoms with van der Waals surface area (Å²) in [6.45, 7) is 2.14. The van der Waals surface area contributed by atoms with Crippen molar-refractivity contribution >= 4 is 33.2 Å². The molecule has 8 heteroatoms. The molecule has 1 aliphatic carbocycles. The number of carbonyl (C=O) groups is 1. The number of nitrogens with one attached hydrogen (secondary N) is 1. The van der Waals surface area contributed by atoms with Crippen molar-refractivity contribution in [2.45, 2.75) is 45.1 Å². The summed E-state index contributed by atoms with van der Waals surface area (Å²) in [7, 11) is -2.28. The second-order valence-electron chi connectivity index (χ2n) is 6.80. The lowest BCUT2D eigenvalue weighted by molar-refractivity contribution is -0.122. The Bertz CT molecular complexity index is 733. The van der Waals surface area contributed by atoms with Crippen LogP contribution in [0.15, 0.2) is 18.2 Å². The van der Waals surface area contributed by atoms with Crippen LogP contribution in [0, 0.1) is 5.92 Å². The summed E-state index contributed by atoms with van der Waals surface area (Å²) >= 11 is 6.04. The Morgan fingerprint density at radius 2 is 2.00 bits per heavy atom. The van der Waals surface area contributed by atoms with E-state index in [1.807, 2.05) is 0 Å². The molecule has 0 radical (unpaired) electrons. The average Bonchev–Trinajstić information content (AvgIpc) is 2.59. The summed E-state index contributed by atoms with van der Waals surface area (Å²) in [6, 6.07) is 3.77. The van der Waals surface area contributed by atoms with E-state index in [2.05, 4.69) is 5.32 Å². The summed E-state index contributed by atoms with van der Waals surface area (Å²) in [5, 5.41) is 3.27. The fourth-order valence-corrected chi connectivity index (χ4v) is 4.74. The zero-order chi connectivity index (χ0) is 19.3. The lowest BCUT2D eigenvalue weighted by Gasteiger charge is -2.30. The second-order valence-corrected chi connectivity index (χ2v) is 9.10. The average molecular weight is 403 g/mol. The Morgan fingerprint density at radius 1 is 1.35 bits per heavy atom. The monoisotopic (exact) mass is 402 g/mol. The standard InChI is InChI=1S/C18H27ClN2O4S/c1-13(18(22)20-12-14-7-5-4-6-8-14)21(26(3,23)24)16-11-15(19)9-10-17(16)25-2/h9-11,13-14H,4-8,12H2,1-3H3,(H,20,22)/t13-/m0/s1. The number of anilines is 1. The highest BCUT2D eigenvalue weighted by Gasteiger charge is 2.31. The maximum atomic E-state index is 12.6. The number of hydrogen-bond acceptors (Lipinski definition) is 4. The fourth-order valence-electron chi connectivity index (χ4n) is 3.40. The molecule has 0 heterocycles. The minimum Gasteiger partial charge on any atom is -0.495 e. The molecule has 0 saturated heterocycles. The highest BCUT2D eigenvalue weighted by molar-refractivity contribution is 7.92. The van der Waals surface area contributed by atoms with Crippen molar-refractivity contribution in [3.8, 4) is 5.75 Å². The maximum Gasteiger partial charge on any atom is 0.243 e. The first-order valence-corrected chi connectivity index (χ1v) is 11.1. The van der Waals surface area contributed by atoms with Gasteiger partial charge in [-0.15, -0.1) is 0 Å². The first kappa shape index (κ1) is 20.8. The lowest BCUT2D eigenvalue weighted by atomic mass is 9.89. The molecular formula is C18H27ClN2O4S. The lowest BCUT2D eigenvalue weighted by Crippen LogP contribution is -2.49. The molecule has 1 atom stereocenters. The van der Waals surface area contributed by atoms with E-state index in [0.29, 0.717) is 23.2 Å². The van der Waals surface area contributed by atoms with Crippen molar-refractivity contribution in [2.24, 2.45) is 5.92 Å². The van der Waals surface area contributed by atoms with Crippen LogP contribution in [0.4, 0.5) is 5.69 Å². The molecule has 1 N–H and O–H groups in total. The number of sulfonamides is 1. The van der Waals surface area contributed by atoms with Gasteiger partial charge >= 0.3 is 0 Å². The number of nitrogens with zero attached hydrogens (tertiary/aromatic N) is 1. The number of rotatable bonds is 7. The molecular weight excluding hydrogens is 376 g/mol. The summed E-state index contributed by atoms with van der Waals surface area (Å²) in [4.78, 5) is 12.6. The van der Waals surface area contributed by atoms with Crippen LogP contribution in [0.3, 0.4) is 0 Å². The van der Waals surface area contributed by atoms with E-state index in [1.165, 1.54) is 32.4 Å². The van der Waals surface area contributed by atoms with Gasteiger partial charge in [-0.05, 0) is 43.9 Å². The van der Waals surface area contributed by atoms with Gasteiger partial charge < -0.3 is 10.1 Å². The van der Waals surface area contributed by atoms with Gasteiger partial charge in [0.05, 0.1) is 19.1 Å². The largest absolute Gasteiger partial charge is 0.495 e. The van der Waals surface area contributed by atoms with Crippen LogP contribution in [0.1, 0.15) is 39.0 Å². The van der Waals surface area contributed by atoms with E-state index in [9.17, 15) is 13.2 Å². The van der Waals surface area contributed by atoms with Gasteiger partial charge in [0.15, 0.2) is 0 Å². The number of benzene rings is 1. The van der Waals surface area contributed by atoms with E-state index in [-0.39, 0.29) is 11.6 Å². The maximum absolute atomic E-state index is 12.6. The quantitative estimate of drug-likeness (QED) is 0.759. The zero-order valence-electron chi connectivity index (χ0n) is 15.5. The van der Waals surface area contributed by atoms with Gasteiger partial charge in [-0.25, -0.2) is 8.42 Å². The summed E-state index contributed by atoms with van der Waals surface area (Å²) < 4.78 is 31.1. The van der Waals surface area contributed by atoms with E-state index in [1.54, 1.807) is 19.1 Å². The van der Waals surface area contributed by atoms with Crippen LogP contribution >= 0.6 is 11.6 Å². The van der Waals surface area contributed by atoms with Gasteiger partial charge in [-0.2, -0.15) is 0 Å². The minimum atomic E-state index is -3.72. The first-order chi connectivity index (χ1) is 12.2. The third-order valence-electron chi connectivity index (χ3n) is 4.76. The van der Waals surface area contributed by atoms with Crippen LogP contribution in [0.25, 0.3) is 0 Å². The SMILES string of the molecule is COc1ccc(Cl)cc1N([C@@H](C)C(=O)NCC1CCCCC1)S(C)(=O)=O. The molecule has 2 rings (SSSR count). The van der Waals surface area contributed by atoms with Crippen molar-refractivity contribution in [1.82, 2.24) is 5.32 Å². The van der Waals surface area contributed by atoms with Gasteiger partial charge in [0.2, 0.25) is 15.9 Å². The van der Waals surface area contributed by atoms with Crippen molar-refractivity contribution < 1.29 is 17.9 Å².